The number of nitrogens with one attached hydrogen (secondary N) is 2. The van der Waals surface area contributed by atoms with E-state index in [0.717, 1.165) is 34.5 Å². The molecule has 13 nitrogen and oxygen atoms in total. The van der Waals surface area contributed by atoms with E-state index in [4.69, 9.17) is 38.7 Å². The van der Waals surface area contributed by atoms with Crippen LogP contribution in [0.5, 0.6) is 0 Å². The lowest BCUT2D eigenvalue weighted by Crippen LogP contribution is -2.52. The quantitative estimate of drug-likeness (QED) is 0.137. The van der Waals surface area contributed by atoms with Crippen molar-refractivity contribution in [1.82, 2.24) is 20.3 Å². The van der Waals surface area contributed by atoms with Gasteiger partial charge in [0.15, 0.2) is 11.6 Å². The third kappa shape index (κ3) is 10.8. The van der Waals surface area contributed by atoms with Crippen LogP contribution in [0.25, 0.3) is 0 Å². The molecule has 0 radical (unpaired) electrons. The van der Waals surface area contributed by atoms with Crippen molar-refractivity contribution >= 4 is 85.8 Å². The number of nitrogens with zero attached hydrogens (tertiary/aromatic N) is 2. The van der Waals surface area contributed by atoms with Gasteiger partial charge in [0.2, 0.25) is 0 Å². The third-order valence-electron chi connectivity index (χ3n) is 10.7. The van der Waals surface area contributed by atoms with Gasteiger partial charge in [-0.05, 0) is 60.8 Å². The molecule has 4 atom stereocenters. The summed E-state index contributed by atoms with van der Waals surface area (Å²) in [5.41, 5.74) is 0.558. The van der Waals surface area contributed by atoms with Crippen LogP contribution in [0.4, 0.5) is 0 Å². The third-order valence-corrected chi connectivity index (χ3v) is 13.8. The van der Waals surface area contributed by atoms with Gasteiger partial charge in [-0.2, -0.15) is 0 Å². The van der Waals surface area contributed by atoms with Gasteiger partial charge >= 0.3 is 0 Å². The van der Waals surface area contributed by atoms with Crippen LogP contribution in [0.15, 0.2) is 101 Å². The fourth-order valence-electron chi connectivity index (χ4n) is 7.29. The van der Waals surface area contributed by atoms with Crippen LogP contribution in [0, 0.1) is 5.92 Å². The van der Waals surface area contributed by atoms with Crippen molar-refractivity contribution in [3.63, 3.8) is 0 Å². The Labute approximate surface area is 372 Å². The number of carbonyl (C=O) groups is 5. The van der Waals surface area contributed by atoms with Crippen molar-refractivity contribution < 1.29 is 38.3 Å². The van der Waals surface area contributed by atoms with E-state index in [-0.39, 0.29) is 67.8 Å². The van der Waals surface area contributed by atoms with E-state index in [9.17, 15) is 28.8 Å². The molecule has 0 saturated carbocycles. The maximum atomic E-state index is 14.1. The number of thiocarbonyl (C=S) groups is 2. The van der Waals surface area contributed by atoms with E-state index in [0.29, 0.717) is 32.8 Å². The Morgan fingerprint density at radius 3 is 2.16 bits per heavy atom. The summed E-state index contributed by atoms with van der Waals surface area (Å²) in [5, 5.41) is 5.63. The summed E-state index contributed by atoms with van der Waals surface area (Å²) in [6.07, 6.45) is 4.42. The van der Waals surface area contributed by atoms with Crippen LogP contribution in [-0.2, 0) is 37.1 Å². The van der Waals surface area contributed by atoms with Crippen LogP contribution in [0.3, 0.4) is 0 Å². The van der Waals surface area contributed by atoms with Crippen LogP contribution in [0.2, 0.25) is 0 Å². The van der Waals surface area contributed by atoms with E-state index in [2.05, 4.69) is 10.6 Å². The lowest BCUT2D eigenvalue weighted by molar-refractivity contribution is -0.131. The first-order chi connectivity index (χ1) is 29.6. The van der Waals surface area contributed by atoms with Crippen molar-refractivity contribution in [2.75, 3.05) is 31.3 Å². The van der Waals surface area contributed by atoms with Gasteiger partial charge in [0, 0.05) is 17.9 Å². The zero-order valence-electron chi connectivity index (χ0n) is 33.1. The van der Waals surface area contributed by atoms with E-state index >= 15 is 0 Å². The van der Waals surface area contributed by atoms with Gasteiger partial charge in [-0.15, -0.1) is 16.5 Å². The second-order valence-electron chi connectivity index (χ2n) is 14.8. The number of thioether (sulfide) groups is 2. The number of aromatic nitrogens is 1. The average molecular weight is 901 g/mol. The highest BCUT2D eigenvalue weighted by molar-refractivity contribution is 8.23. The van der Waals surface area contributed by atoms with E-state index in [1.165, 1.54) is 52.7 Å². The monoisotopic (exact) mass is 900 g/mol. The highest BCUT2D eigenvalue weighted by Crippen LogP contribution is 2.29. The molecule has 0 spiro atoms. The summed E-state index contributed by atoms with van der Waals surface area (Å²) in [4.78, 5) is 90.9. The smallest absolute Gasteiger partial charge is 0.296 e. The molecule has 2 aromatic carbocycles. The lowest BCUT2D eigenvalue weighted by atomic mass is 9.94. The maximum Gasteiger partial charge on any atom is 0.296 e. The van der Waals surface area contributed by atoms with Crippen LogP contribution >= 0.6 is 48.0 Å². The summed E-state index contributed by atoms with van der Waals surface area (Å²) in [6, 6.07) is 19.5. The Balaban J connectivity index is 1.10. The predicted octanol–water partition coefficient (Wildman–Crippen LogP) is 4.80. The Morgan fingerprint density at radius 1 is 0.787 bits per heavy atom. The molecule has 318 valence electrons. The number of hydrogen-bond donors (Lipinski definition) is 2. The zero-order valence-corrected chi connectivity index (χ0v) is 36.3. The molecule has 61 heavy (non-hydrogen) atoms. The molecule has 3 saturated heterocycles. The molecule has 2 unspecified atom stereocenters. The first-order valence-electron chi connectivity index (χ1n) is 20.0. The molecular weight excluding hydrogens is 857 g/mol. The fourth-order valence-corrected chi connectivity index (χ4v) is 9.95. The summed E-state index contributed by atoms with van der Waals surface area (Å²) < 4.78 is 13.7. The number of rotatable bonds is 13. The van der Waals surface area contributed by atoms with Crippen molar-refractivity contribution in [3.8, 4) is 0 Å². The number of hydrogen-bond acceptors (Lipinski definition) is 13. The standard InChI is InChI=1S/C44H44N4O9S4/c49-37(31-13-7-8-21-60-43(31)58)35-18-17-32(42(54)48(35)57-24-28-11-5-2-6-12-28)40(52)46-34-26-55-25-33(34)45-39(51)30-16-14-29(41(53)47-20-22-61-44(47)59)15-19-36(38(30)50)56-23-27-9-3-1-4-10-27/h1-6,9-12,14,16-18,31,33-34,36H,7-8,13,15,19-26H2,(H,45,51)(H,46,52)/b29-14+,30-16+/t31?,33-,34+,36?/m0/s1. The highest BCUT2D eigenvalue weighted by Gasteiger charge is 2.37. The number of ether oxygens (including phenoxy) is 2. The second-order valence-corrected chi connectivity index (χ2v) is 18.4. The molecule has 1 aromatic heterocycles. The minimum Gasteiger partial charge on any atom is -0.405 e. The Morgan fingerprint density at radius 2 is 1.48 bits per heavy atom. The molecule has 2 N–H and O–H groups in total. The molecule has 3 aromatic rings. The molecule has 7 rings (SSSR count). The Bertz CT molecular complexity index is 2320. The molecule has 3 amide bonds. The maximum absolute atomic E-state index is 14.1. The van der Waals surface area contributed by atoms with Gasteiger partial charge in [-0.3, -0.25) is 33.7 Å². The number of carbonyl (C=O) groups excluding carboxylic acids is 5. The largest absolute Gasteiger partial charge is 0.405 e. The fraction of sp³-hybridized carbons (Fsp3) is 0.364. The Hall–Kier alpha value is -4.78. The van der Waals surface area contributed by atoms with Gasteiger partial charge < -0.3 is 24.9 Å². The van der Waals surface area contributed by atoms with Crippen molar-refractivity contribution in [2.45, 2.75) is 63.5 Å². The molecular formula is C44H44N4O9S4. The molecule has 0 bridgehead atoms. The van der Waals surface area contributed by atoms with E-state index in [1.807, 2.05) is 60.7 Å². The summed E-state index contributed by atoms with van der Waals surface area (Å²) in [6.45, 7) is 0.502. The number of pyridine rings is 1. The number of amides is 3. The summed E-state index contributed by atoms with van der Waals surface area (Å²) in [7, 11) is 0. The summed E-state index contributed by atoms with van der Waals surface area (Å²) >= 11 is 13.9. The Kier molecular flexibility index (Phi) is 15.1. The average Bonchev–Trinajstić information content (AvgIpc) is 3.83. The second kappa shape index (κ2) is 20.9. The van der Waals surface area contributed by atoms with Crippen LogP contribution in [-0.4, -0.2) is 96.9 Å². The minimum absolute atomic E-state index is 0.00703. The van der Waals surface area contributed by atoms with Gasteiger partial charge in [-0.25, -0.2) is 0 Å². The normalized spacial score (nSPS) is 23.7. The predicted molar refractivity (Wildman–Crippen MR) is 240 cm³/mol. The number of ketones is 2. The number of allylic oxidation sites excluding steroid dienone is 2. The molecule has 4 aliphatic rings. The number of benzene rings is 2. The summed E-state index contributed by atoms with van der Waals surface area (Å²) in [5.74, 6) is -1.84. The van der Waals surface area contributed by atoms with Crippen molar-refractivity contribution in [2.24, 2.45) is 5.92 Å². The van der Waals surface area contributed by atoms with Crippen molar-refractivity contribution in [1.29, 1.82) is 0 Å². The lowest BCUT2D eigenvalue weighted by Gasteiger charge is -2.24. The SMILES string of the molecule is O=C(N[C@H]1COC[C@H]1NC(=O)c1ccc(C(=O)C2CCCCSC2=S)n(OCc2ccccc2)c1=O)/C1=C/C=C(/C(=O)N2CCSC2=S)CCC(OCc2ccccc2)C1=O. The van der Waals surface area contributed by atoms with Crippen LogP contribution < -0.4 is 21.0 Å². The molecule has 3 aliphatic heterocycles. The van der Waals surface area contributed by atoms with E-state index < -0.39 is 47.3 Å². The minimum atomic E-state index is -1.04. The topological polar surface area (TPSA) is 162 Å². The van der Waals surface area contributed by atoms with Crippen molar-refractivity contribution in [3.05, 3.63) is 129 Å². The highest BCUT2D eigenvalue weighted by atomic mass is 32.2. The molecule has 1 aliphatic carbocycles. The van der Waals surface area contributed by atoms with Gasteiger partial charge in [0.1, 0.15) is 28.3 Å². The molecule has 3 fully saturated rings. The van der Waals surface area contributed by atoms with Gasteiger partial charge in [-0.1, -0.05) is 109 Å². The number of Topliss-reactive ketones (excluding diaryl/α,β-unsaturated/α-hetero) is 2. The first kappa shape index (κ1) is 44.3. The first-order valence-corrected chi connectivity index (χ1v) is 22.8. The van der Waals surface area contributed by atoms with Gasteiger partial charge in [0.25, 0.3) is 23.3 Å². The van der Waals surface area contributed by atoms with Crippen LogP contribution in [0.1, 0.15) is 64.1 Å². The van der Waals surface area contributed by atoms with Gasteiger partial charge in [0.05, 0.1) is 47.6 Å². The zero-order chi connectivity index (χ0) is 42.9. The molecule has 4 heterocycles. The molecule has 17 heteroatoms. The van der Waals surface area contributed by atoms with E-state index in [1.54, 1.807) is 0 Å².